The standard InChI is InChI=1S/C67H41NOS/c1-2-19-42(20-3-1)44-21-10-15-33-60(44)68(61-34-18-30-52-47-24-6-5-23-46(47)50-27-11-16-35-62(50)69-65(52)61)43-37-39-58-55(41-43)48-25-7-4-22-45(48)49-26-8-13-31-56(49)67(58)57-32-14-9-29-54(57)64-59(67)40-38-53-51-28-12-17-36-63(51)70-66(53)64/h1-41H. The average Bonchev–Trinajstić information content (AvgIpc) is 3.88. The summed E-state index contributed by atoms with van der Waals surface area (Å²) in [5.74, 6) is 1.65. The van der Waals surface area contributed by atoms with Gasteiger partial charge in [-0.25, -0.2) is 0 Å². The van der Waals surface area contributed by atoms with Crippen LogP contribution in [0, 0.1) is 0 Å². The van der Waals surface area contributed by atoms with Gasteiger partial charge in [0.2, 0.25) is 0 Å². The zero-order valence-corrected chi connectivity index (χ0v) is 38.8. The van der Waals surface area contributed by atoms with Gasteiger partial charge in [-0.05, 0) is 103 Å². The van der Waals surface area contributed by atoms with Crippen molar-refractivity contribution in [1.29, 1.82) is 0 Å². The number of para-hydroxylation sites is 3. The SMILES string of the molecule is c1ccc(-c2ccccc2N(c2ccc3c(c2)-c2ccccc2-c2ccccc2C32c3ccccc3-c3c2ccc2c3sc3ccccc32)c2cccc3c2Oc2ccccc2-c2ccccc2-3)cc1. The fourth-order valence-corrected chi connectivity index (χ4v) is 13.6. The molecule has 1 spiro atoms. The Morgan fingerprint density at radius 3 is 1.69 bits per heavy atom. The Bertz CT molecular complexity index is 4130. The smallest absolute Gasteiger partial charge is 0.159 e. The molecular formula is C67H41NOS. The van der Waals surface area contributed by atoms with Crippen LogP contribution in [0.25, 0.3) is 86.9 Å². The number of hydrogen-bond donors (Lipinski definition) is 0. The van der Waals surface area contributed by atoms with E-state index in [-0.39, 0.29) is 0 Å². The molecule has 0 radical (unpaired) electrons. The molecule has 11 aromatic carbocycles. The Morgan fingerprint density at radius 1 is 0.343 bits per heavy atom. The number of anilines is 3. The molecule has 1 aliphatic heterocycles. The number of ether oxygens (including phenoxy) is 1. The molecule has 0 N–H and O–H groups in total. The third-order valence-corrected chi connectivity index (χ3v) is 16.3. The first kappa shape index (κ1) is 39.3. The van der Waals surface area contributed by atoms with E-state index in [9.17, 15) is 0 Å². The molecule has 70 heavy (non-hydrogen) atoms. The summed E-state index contributed by atoms with van der Waals surface area (Å²) in [5.41, 5.74) is 21.8. The van der Waals surface area contributed by atoms with E-state index in [1.54, 1.807) is 0 Å². The molecule has 12 aromatic rings. The van der Waals surface area contributed by atoms with Crippen LogP contribution in [0.1, 0.15) is 22.3 Å². The highest BCUT2D eigenvalue weighted by atomic mass is 32.1. The zero-order valence-electron chi connectivity index (χ0n) is 37.9. The Balaban J connectivity index is 1.05. The Kier molecular flexibility index (Phi) is 8.48. The van der Waals surface area contributed by atoms with E-state index in [2.05, 4.69) is 254 Å². The molecule has 3 aliphatic rings. The number of rotatable bonds is 4. The minimum Gasteiger partial charge on any atom is -0.454 e. The molecule has 1 atom stereocenters. The van der Waals surface area contributed by atoms with Crippen LogP contribution in [0.4, 0.5) is 17.1 Å². The van der Waals surface area contributed by atoms with E-state index < -0.39 is 5.41 Å². The van der Waals surface area contributed by atoms with Crippen molar-refractivity contribution in [3.8, 4) is 78.3 Å². The van der Waals surface area contributed by atoms with Gasteiger partial charge in [-0.3, -0.25) is 0 Å². The van der Waals surface area contributed by atoms with E-state index in [1.807, 2.05) is 11.3 Å². The largest absolute Gasteiger partial charge is 0.454 e. The van der Waals surface area contributed by atoms with Gasteiger partial charge < -0.3 is 9.64 Å². The highest BCUT2D eigenvalue weighted by Gasteiger charge is 2.50. The summed E-state index contributed by atoms with van der Waals surface area (Å²) in [6.45, 7) is 0. The lowest BCUT2D eigenvalue weighted by molar-refractivity contribution is 0.489. The molecule has 1 unspecified atom stereocenters. The molecule has 3 heteroatoms. The first-order valence-corrected chi connectivity index (χ1v) is 24.9. The van der Waals surface area contributed by atoms with E-state index in [1.165, 1.54) is 75.8 Å². The van der Waals surface area contributed by atoms with Crippen molar-refractivity contribution in [2.45, 2.75) is 5.41 Å². The van der Waals surface area contributed by atoms with Crippen molar-refractivity contribution < 1.29 is 4.74 Å². The Morgan fingerprint density at radius 2 is 0.886 bits per heavy atom. The number of thiophene rings is 1. The van der Waals surface area contributed by atoms with Crippen molar-refractivity contribution in [3.63, 3.8) is 0 Å². The number of benzene rings is 11. The Labute approximate surface area is 410 Å². The lowest BCUT2D eigenvalue weighted by Gasteiger charge is -2.36. The van der Waals surface area contributed by atoms with Crippen molar-refractivity contribution in [2.24, 2.45) is 0 Å². The second-order valence-corrected chi connectivity index (χ2v) is 19.6. The molecule has 15 rings (SSSR count). The number of hydrogen-bond acceptors (Lipinski definition) is 3. The van der Waals surface area contributed by atoms with Gasteiger partial charge in [0.25, 0.3) is 0 Å². The van der Waals surface area contributed by atoms with Crippen LogP contribution in [0.15, 0.2) is 249 Å². The maximum Gasteiger partial charge on any atom is 0.159 e. The summed E-state index contributed by atoms with van der Waals surface area (Å²) in [7, 11) is 0. The summed E-state index contributed by atoms with van der Waals surface area (Å²) in [6, 6.07) is 91.8. The van der Waals surface area contributed by atoms with Gasteiger partial charge in [0.15, 0.2) is 5.75 Å². The molecular weight excluding hydrogens is 867 g/mol. The maximum absolute atomic E-state index is 7.29. The molecule has 2 heterocycles. The second-order valence-electron chi connectivity index (χ2n) is 18.6. The van der Waals surface area contributed by atoms with Gasteiger partial charge in [0, 0.05) is 48.1 Å². The predicted octanol–water partition coefficient (Wildman–Crippen LogP) is 18.6. The van der Waals surface area contributed by atoms with Gasteiger partial charge in [-0.1, -0.05) is 212 Å². The van der Waals surface area contributed by atoms with Crippen molar-refractivity contribution in [3.05, 3.63) is 271 Å². The molecule has 2 aliphatic carbocycles. The summed E-state index contributed by atoms with van der Waals surface area (Å²) in [4.78, 5) is 2.45. The summed E-state index contributed by atoms with van der Waals surface area (Å²) in [6.07, 6.45) is 0. The zero-order chi connectivity index (χ0) is 45.9. The molecule has 0 bridgehead atoms. The molecule has 0 amide bonds. The molecule has 326 valence electrons. The van der Waals surface area contributed by atoms with Gasteiger partial charge in [-0.2, -0.15) is 0 Å². The summed E-state index contributed by atoms with van der Waals surface area (Å²) < 4.78 is 9.95. The number of fused-ring (bicyclic) bond motifs is 21. The maximum atomic E-state index is 7.29. The number of nitrogens with zero attached hydrogens (tertiary/aromatic N) is 1. The third-order valence-electron chi connectivity index (χ3n) is 15.1. The predicted molar refractivity (Wildman–Crippen MR) is 292 cm³/mol. The highest BCUT2D eigenvalue weighted by Crippen LogP contribution is 2.64. The fourth-order valence-electron chi connectivity index (χ4n) is 12.3. The second kappa shape index (κ2) is 15.1. The van der Waals surface area contributed by atoms with Gasteiger partial charge in [-0.15, -0.1) is 11.3 Å². The van der Waals surface area contributed by atoms with Gasteiger partial charge >= 0.3 is 0 Å². The molecule has 0 saturated heterocycles. The van der Waals surface area contributed by atoms with Crippen LogP contribution in [-0.4, -0.2) is 0 Å². The van der Waals surface area contributed by atoms with Crippen molar-refractivity contribution in [1.82, 2.24) is 0 Å². The van der Waals surface area contributed by atoms with Gasteiger partial charge in [0.05, 0.1) is 16.8 Å². The minimum absolute atomic E-state index is 0.632. The van der Waals surface area contributed by atoms with E-state index in [0.29, 0.717) is 0 Å². The van der Waals surface area contributed by atoms with Crippen molar-refractivity contribution in [2.75, 3.05) is 4.90 Å². The Hall–Kier alpha value is -8.76. The van der Waals surface area contributed by atoms with E-state index in [0.717, 1.165) is 61.9 Å². The third kappa shape index (κ3) is 5.44. The topological polar surface area (TPSA) is 12.5 Å². The van der Waals surface area contributed by atoms with Crippen LogP contribution < -0.4 is 9.64 Å². The van der Waals surface area contributed by atoms with Crippen LogP contribution >= 0.6 is 11.3 Å². The normalized spacial score (nSPS) is 14.5. The van der Waals surface area contributed by atoms with Crippen LogP contribution in [-0.2, 0) is 5.41 Å². The highest BCUT2D eigenvalue weighted by molar-refractivity contribution is 7.26. The van der Waals surface area contributed by atoms with Crippen LogP contribution in [0.2, 0.25) is 0 Å². The lowest BCUT2D eigenvalue weighted by atomic mass is 9.66. The fraction of sp³-hybridized carbons (Fsp3) is 0.0149. The van der Waals surface area contributed by atoms with Crippen molar-refractivity contribution >= 4 is 48.6 Å². The average molecular weight is 908 g/mol. The molecule has 0 saturated carbocycles. The van der Waals surface area contributed by atoms with Crippen LogP contribution in [0.3, 0.4) is 0 Å². The van der Waals surface area contributed by atoms with Gasteiger partial charge in [0.1, 0.15) is 5.75 Å². The molecule has 2 nitrogen and oxygen atoms in total. The lowest BCUT2D eigenvalue weighted by Crippen LogP contribution is -2.29. The van der Waals surface area contributed by atoms with E-state index >= 15 is 0 Å². The quantitative estimate of drug-likeness (QED) is 0.174. The monoisotopic (exact) mass is 907 g/mol. The minimum atomic E-state index is -0.632. The summed E-state index contributed by atoms with van der Waals surface area (Å²) in [5, 5.41) is 2.63. The first-order valence-electron chi connectivity index (χ1n) is 24.1. The van der Waals surface area contributed by atoms with Crippen LogP contribution in [0.5, 0.6) is 11.5 Å². The molecule has 0 fully saturated rings. The first-order chi connectivity index (χ1) is 34.8. The van der Waals surface area contributed by atoms with E-state index in [4.69, 9.17) is 4.74 Å². The molecule has 1 aromatic heterocycles. The summed E-state index contributed by atoms with van der Waals surface area (Å²) >= 11 is 1.92.